The van der Waals surface area contributed by atoms with Crippen LogP contribution in [0.25, 0.3) is 0 Å². The molecule has 0 spiro atoms. The van der Waals surface area contributed by atoms with Crippen molar-refractivity contribution < 1.29 is 96.5 Å². The summed E-state index contributed by atoms with van der Waals surface area (Å²) in [7, 11) is 3.20. The maximum atomic E-state index is 14.8. The van der Waals surface area contributed by atoms with Crippen molar-refractivity contribution in [1.82, 2.24) is 98.9 Å². The number of nitrogens with one attached hydrogen (secondary N) is 15. The molecular weight excluding hydrogens is 1540 g/mol. The molecule has 23 N–H and O–H groups in total. The molecule has 111 heavy (non-hydrogen) atoms. The second kappa shape index (κ2) is 43.7. The van der Waals surface area contributed by atoms with Gasteiger partial charge in [0.15, 0.2) is 0 Å². The van der Waals surface area contributed by atoms with Gasteiger partial charge < -0.3 is 116 Å². The molecule has 46 heteroatoms. The van der Waals surface area contributed by atoms with Crippen LogP contribution in [0.4, 0.5) is 0 Å². The van der Waals surface area contributed by atoms with Gasteiger partial charge in [-0.15, -0.1) is 0 Å². The Morgan fingerprint density at radius 2 is 0.991 bits per heavy atom. The highest BCUT2D eigenvalue weighted by atomic mass is 33.1. The highest BCUT2D eigenvalue weighted by molar-refractivity contribution is 8.77. The van der Waals surface area contributed by atoms with E-state index in [1.54, 1.807) is 13.8 Å². The summed E-state index contributed by atoms with van der Waals surface area (Å²) < 4.78 is 0. The Labute approximate surface area is 652 Å². The maximum absolute atomic E-state index is 14.8. The minimum atomic E-state index is -1.91. The third-order valence-electron chi connectivity index (χ3n) is 18.4. The summed E-state index contributed by atoms with van der Waals surface area (Å²) in [5, 5.41) is 53.0. The zero-order chi connectivity index (χ0) is 81.9. The molecule has 0 unspecified atom stereocenters. The van der Waals surface area contributed by atoms with Gasteiger partial charge in [-0.25, -0.2) is 9.97 Å². The molecule has 0 aliphatic carbocycles. The lowest BCUT2D eigenvalue weighted by Gasteiger charge is -2.31. The van der Waals surface area contributed by atoms with Crippen molar-refractivity contribution in [2.24, 2.45) is 29.0 Å². The second-order valence-electron chi connectivity index (χ2n) is 27.1. The first kappa shape index (κ1) is 90.1. The van der Waals surface area contributed by atoms with Crippen molar-refractivity contribution in [2.75, 3.05) is 49.3 Å². The van der Waals surface area contributed by atoms with E-state index in [1.807, 2.05) is 0 Å². The summed E-state index contributed by atoms with van der Waals surface area (Å²) in [6.07, 6.45) is 3.29. The Morgan fingerprint density at radius 3 is 1.49 bits per heavy atom. The first-order valence-electron chi connectivity index (χ1n) is 35.7. The highest BCUT2D eigenvalue weighted by Gasteiger charge is 2.44. The number of aromatic nitrogens is 4. The smallest absolute Gasteiger partial charge is 0.303 e. The number of hydrogen-bond acceptors (Lipinski definition) is 26. The van der Waals surface area contributed by atoms with E-state index >= 15 is 0 Å². The Bertz CT molecular complexity index is 3700. The van der Waals surface area contributed by atoms with Crippen molar-refractivity contribution in [1.29, 1.82) is 0 Å². The number of fused-ring (bicyclic) bond motifs is 10. The standard InChI is InChI=1S/C65H98N22O20S4/c1-7-30(4)50-63(105)81-40(51(68)93)23-108-110-26-43-59(101)80-39(22-88)56(98)79-38(17-34-21-70-28-72-34)65(107)86-14-8-10-44(86)60(102)73-31(5)53(95)82-42(25-111-109-24-41(57(99)83-43)75-47(90)19-66)58(100)77-36(18-46(67)89)55(97)84-49(29(2)3)62(104)74-32(6)52(94)78-37(16-33-20-69-27-71-33)64(106)87-15-9-11-45(87)61(103)76-35(54(96)85-50)12-13-48(91)92/h20-21,27-32,35-45,49-50,88H,7-19,22-26,66H2,1-6H3,(H2,67,89)(H2,68,93)(H,69,71)(H,70,72)(H,73,102)(H,74,104)(H,75,90)(H,76,103)(H,77,100)(H,78,94)(H,79,98)(H,80,101)(H,81,105)(H,82,95)(H,83,99)(H,84,97)(H,85,96)(H,91,92)/t30-,31-,32-,35-,36-,37-,38-,39-,40-,41-,42-,43-,44-,45-,49-,50-/m0/s1. The average molecular weight is 1640 g/mol. The Balaban J connectivity index is 1.44. The third-order valence-corrected chi connectivity index (χ3v) is 23.3. The van der Waals surface area contributed by atoms with Gasteiger partial charge in [0.25, 0.3) is 0 Å². The molecule has 17 amide bonds. The molecule has 0 aromatic carbocycles. The van der Waals surface area contributed by atoms with Crippen LogP contribution in [0.5, 0.6) is 0 Å². The van der Waals surface area contributed by atoms with Gasteiger partial charge in [-0.1, -0.05) is 77.3 Å². The Morgan fingerprint density at radius 1 is 0.541 bits per heavy atom. The molecule has 0 radical (unpaired) electrons. The normalized spacial score (nSPS) is 28.4. The van der Waals surface area contributed by atoms with Gasteiger partial charge in [-0.05, 0) is 57.8 Å². The summed E-state index contributed by atoms with van der Waals surface area (Å²) in [6.45, 7) is 6.82. The number of carbonyl (C=O) groups is 18. The molecule has 6 heterocycles. The highest BCUT2D eigenvalue weighted by Crippen LogP contribution is 2.27. The maximum Gasteiger partial charge on any atom is 0.303 e. The number of rotatable bonds is 16. The van der Waals surface area contributed by atoms with Crippen LogP contribution < -0.4 is 86.3 Å². The lowest BCUT2D eigenvalue weighted by atomic mass is 9.97. The fourth-order valence-electron chi connectivity index (χ4n) is 11.9. The predicted octanol–water partition coefficient (Wildman–Crippen LogP) is -8.09. The Kier molecular flexibility index (Phi) is 35.5. The first-order chi connectivity index (χ1) is 52.6. The summed E-state index contributed by atoms with van der Waals surface area (Å²) in [4.78, 5) is 270. The number of primary amides is 2. The van der Waals surface area contributed by atoms with Crippen LogP contribution in [-0.4, -0.2) is 286 Å². The van der Waals surface area contributed by atoms with Crippen LogP contribution in [0.1, 0.15) is 104 Å². The molecule has 4 fully saturated rings. The van der Waals surface area contributed by atoms with Gasteiger partial charge in [-0.3, -0.25) is 86.3 Å². The number of nitrogens with two attached hydrogens (primary N) is 3. The minimum absolute atomic E-state index is 0.00541. The summed E-state index contributed by atoms with van der Waals surface area (Å²) in [5.74, 6) is -22.1. The molecule has 6 rings (SSSR count). The molecule has 2 bridgehead atoms. The summed E-state index contributed by atoms with van der Waals surface area (Å²) >= 11 is 0. The molecule has 4 aliphatic heterocycles. The van der Waals surface area contributed by atoms with E-state index in [9.17, 15) is 96.5 Å². The summed E-state index contributed by atoms with van der Waals surface area (Å²) in [6, 6.07) is -23.9. The quantitative estimate of drug-likeness (QED) is 0.0694. The van der Waals surface area contributed by atoms with Crippen LogP contribution in [0.2, 0.25) is 0 Å². The third kappa shape index (κ3) is 27.0. The number of aliphatic carboxylic acids is 1. The van der Waals surface area contributed by atoms with E-state index in [1.165, 1.54) is 52.7 Å². The number of aromatic amines is 2. The minimum Gasteiger partial charge on any atom is -0.481 e. The molecule has 612 valence electrons. The van der Waals surface area contributed by atoms with Gasteiger partial charge in [0.2, 0.25) is 100 Å². The number of carboxylic acids is 1. The van der Waals surface area contributed by atoms with Crippen LogP contribution in [0, 0.1) is 11.8 Å². The number of amides is 17. The number of aliphatic hydroxyl groups is 1. The monoisotopic (exact) mass is 1630 g/mol. The number of carbonyl (C=O) groups excluding carboxylic acids is 17. The zero-order valence-electron chi connectivity index (χ0n) is 61.7. The van der Waals surface area contributed by atoms with E-state index < -0.39 is 264 Å². The average Bonchev–Trinajstić information content (AvgIpc) is 1.72. The lowest BCUT2D eigenvalue weighted by molar-refractivity contribution is -0.143. The van der Waals surface area contributed by atoms with E-state index in [4.69, 9.17) is 17.2 Å². The van der Waals surface area contributed by atoms with Gasteiger partial charge >= 0.3 is 5.97 Å². The number of H-pyrrole nitrogens is 2. The van der Waals surface area contributed by atoms with E-state index in [-0.39, 0.29) is 58.0 Å². The largest absolute Gasteiger partial charge is 0.481 e. The predicted molar refractivity (Wildman–Crippen MR) is 401 cm³/mol. The summed E-state index contributed by atoms with van der Waals surface area (Å²) in [5.41, 5.74) is 17.8. The molecule has 0 saturated carbocycles. The number of aliphatic hydroxyl groups excluding tert-OH is 1. The van der Waals surface area contributed by atoms with Crippen LogP contribution in [-0.2, 0) is 99.1 Å². The number of carboxylic acid groups (broad SMARTS) is 1. The SMILES string of the molecule is CC[C@H](C)[C@@H]1NC(=O)[C@H](CCC(=O)O)NC(=O)[C@@H]2CCCN2C(=O)[C@H](Cc2cnc[nH]2)NC(=O)[C@H](C)NC(=O)[C@H](C(C)C)NC(=O)[C@H](CC(N)=O)NC(=O)[C@@H]2CSSC[C@H](NC(=O)CN)C(=O)N[C@@H](CSSC[C@@H](C(N)=O)NC1=O)C(=O)N[C@@H](CO)C(=O)N[C@@H](Cc1cnc[nH]1)C(=O)N1CCC[C@H]1C(=O)N[C@@H](C)C(=O)N2. The molecule has 42 nitrogen and oxygen atoms in total. The molecule has 4 aliphatic rings. The lowest BCUT2D eigenvalue weighted by Crippen LogP contribution is -2.61. The van der Waals surface area contributed by atoms with E-state index in [0.29, 0.717) is 11.4 Å². The van der Waals surface area contributed by atoms with Gasteiger partial charge in [0.1, 0.15) is 90.6 Å². The van der Waals surface area contributed by atoms with Crippen LogP contribution in [0.3, 0.4) is 0 Å². The van der Waals surface area contributed by atoms with Gasteiger partial charge in [-0.2, -0.15) is 0 Å². The van der Waals surface area contributed by atoms with Crippen molar-refractivity contribution in [3.63, 3.8) is 0 Å². The van der Waals surface area contributed by atoms with Crippen molar-refractivity contribution in [2.45, 2.75) is 196 Å². The topological polar surface area (TPSA) is 646 Å². The zero-order valence-corrected chi connectivity index (χ0v) is 65.0. The van der Waals surface area contributed by atoms with Crippen molar-refractivity contribution in [3.05, 3.63) is 36.4 Å². The van der Waals surface area contributed by atoms with Crippen molar-refractivity contribution >= 4 is 150 Å². The molecule has 2 aromatic rings. The number of hydrogen-bond donors (Lipinski definition) is 20. The number of nitrogens with zero attached hydrogens (tertiary/aromatic N) is 4. The van der Waals surface area contributed by atoms with Gasteiger partial charge in [0, 0.05) is 79.1 Å². The Hall–Kier alpha value is -9.80. The fraction of sp³-hybridized carbons (Fsp3) is 0.631. The van der Waals surface area contributed by atoms with E-state index in [0.717, 1.165) is 53.0 Å². The fourth-order valence-corrected chi connectivity index (χ4v) is 16.6. The molecule has 4 saturated heterocycles. The van der Waals surface area contributed by atoms with Crippen LogP contribution >= 0.6 is 43.2 Å². The van der Waals surface area contributed by atoms with Crippen LogP contribution in [0.15, 0.2) is 25.0 Å². The first-order valence-corrected chi connectivity index (χ1v) is 40.7. The number of imidazole rings is 2. The van der Waals surface area contributed by atoms with E-state index in [2.05, 4.69) is 89.1 Å². The second-order valence-corrected chi connectivity index (χ2v) is 32.2. The van der Waals surface area contributed by atoms with Crippen molar-refractivity contribution in [3.8, 4) is 0 Å². The van der Waals surface area contributed by atoms with Gasteiger partial charge in [0.05, 0.1) is 32.2 Å². The molecule has 16 atom stereocenters. The molecule has 2 aromatic heterocycles. The molecular formula is C65H98N22O20S4.